The number of sulfonamides is 1. The lowest BCUT2D eigenvalue weighted by Crippen LogP contribution is -2.33. The number of hydrogen-bond donors (Lipinski definition) is 2. The molecule has 2 aromatic heterocycles. The van der Waals surface area contributed by atoms with E-state index in [4.69, 9.17) is 5.73 Å². The van der Waals surface area contributed by atoms with Crippen LogP contribution in [-0.2, 0) is 10.0 Å². The number of primary amides is 1. The fraction of sp³-hybridized carbons (Fsp3) is 0.529. The second-order valence-corrected chi connectivity index (χ2v) is 10.5. The van der Waals surface area contributed by atoms with E-state index >= 15 is 0 Å². The fourth-order valence-electron chi connectivity index (χ4n) is 4.55. The zero-order valence-corrected chi connectivity index (χ0v) is 17.5. The lowest BCUT2D eigenvalue weighted by atomic mass is 9.93. The quantitative estimate of drug-likeness (QED) is 0.725. The average Bonchev–Trinajstić information content (AvgIpc) is 3.22. The number of nitrogens with zero attached hydrogens (tertiary/aromatic N) is 3. The van der Waals surface area contributed by atoms with Crippen molar-refractivity contribution in [3.63, 3.8) is 0 Å². The number of rotatable bonds is 4. The summed E-state index contributed by atoms with van der Waals surface area (Å²) in [6.07, 6.45) is 5.43. The molecule has 146 valence electrons. The van der Waals surface area contributed by atoms with Gasteiger partial charge in [0, 0.05) is 29.8 Å². The zero-order valence-electron chi connectivity index (χ0n) is 15.1. The Hall–Kier alpha value is -1.65. The summed E-state index contributed by atoms with van der Waals surface area (Å²) in [4.78, 5) is 11.9. The van der Waals surface area contributed by atoms with Gasteiger partial charge in [-0.2, -0.15) is 5.10 Å². The molecule has 4 rings (SSSR count). The molecule has 2 aliphatic rings. The number of carbonyl (C=O) groups excluding carboxylic acids is 1. The van der Waals surface area contributed by atoms with Crippen LogP contribution in [-0.4, -0.2) is 53.6 Å². The van der Waals surface area contributed by atoms with Crippen LogP contribution >= 0.6 is 15.9 Å². The van der Waals surface area contributed by atoms with Crippen molar-refractivity contribution in [1.82, 2.24) is 13.9 Å². The van der Waals surface area contributed by atoms with Gasteiger partial charge in [0.1, 0.15) is 0 Å². The molecule has 3 heterocycles. The van der Waals surface area contributed by atoms with Crippen molar-refractivity contribution in [3.05, 3.63) is 28.5 Å². The molecular weight excluding hydrogens is 434 g/mol. The first kappa shape index (κ1) is 18.7. The van der Waals surface area contributed by atoms with Crippen molar-refractivity contribution in [2.45, 2.75) is 19.4 Å². The molecule has 27 heavy (non-hydrogen) atoms. The maximum absolute atomic E-state index is 11.9. The maximum atomic E-state index is 11.9. The van der Waals surface area contributed by atoms with Gasteiger partial charge in [0.05, 0.1) is 29.2 Å². The summed E-state index contributed by atoms with van der Waals surface area (Å²) >= 11 is 3.44. The molecule has 1 amide bonds. The van der Waals surface area contributed by atoms with Crippen LogP contribution in [0, 0.1) is 17.8 Å². The van der Waals surface area contributed by atoms with Gasteiger partial charge in [-0.25, -0.2) is 17.2 Å². The molecule has 8 nitrogen and oxygen atoms in total. The van der Waals surface area contributed by atoms with Crippen LogP contribution in [0.3, 0.4) is 0 Å². The van der Waals surface area contributed by atoms with Gasteiger partial charge >= 0.3 is 0 Å². The standard InChI is InChI=1S/C17H22BrN5O3S/c1-9-13-8-22(27(2,25)26)6-10(13)3-14(9)21-16-12(17(19)24)5-20-23-7-11(18)4-15(16)23/h4-5,7,9-10,13-14,21H,3,6,8H2,1-2H3,(H2,19,24)/t9-,10-,13-,14-/m1/s1. The first-order chi connectivity index (χ1) is 12.6. The second kappa shape index (κ2) is 6.46. The monoisotopic (exact) mass is 455 g/mol. The number of hydrogen-bond acceptors (Lipinski definition) is 5. The van der Waals surface area contributed by atoms with Crippen molar-refractivity contribution in [3.8, 4) is 0 Å². The topological polar surface area (TPSA) is 110 Å². The van der Waals surface area contributed by atoms with E-state index in [1.165, 1.54) is 12.5 Å². The molecule has 1 aliphatic heterocycles. The predicted octanol–water partition coefficient (Wildman–Crippen LogP) is 1.52. The summed E-state index contributed by atoms with van der Waals surface area (Å²) in [7, 11) is -3.15. The largest absolute Gasteiger partial charge is 0.380 e. The molecule has 10 heteroatoms. The van der Waals surface area contributed by atoms with E-state index in [9.17, 15) is 13.2 Å². The van der Waals surface area contributed by atoms with E-state index in [2.05, 4.69) is 33.3 Å². The Kier molecular flexibility index (Phi) is 4.47. The molecular formula is C17H22BrN5O3S. The summed E-state index contributed by atoms with van der Waals surface area (Å²) in [5.74, 6) is 0.374. The zero-order chi connectivity index (χ0) is 19.5. The normalized spacial score (nSPS) is 28.6. The van der Waals surface area contributed by atoms with Crippen LogP contribution < -0.4 is 11.1 Å². The summed E-state index contributed by atoms with van der Waals surface area (Å²) in [6, 6.07) is 2.04. The van der Waals surface area contributed by atoms with Crippen molar-refractivity contribution < 1.29 is 13.2 Å². The first-order valence-corrected chi connectivity index (χ1v) is 11.5. The van der Waals surface area contributed by atoms with Crippen molar-refractivity contribution in [2.24, 2.45) is 23.5 Å². The summed E-state index contributed by atoms with van der Waals surface area (Å²) in [5, 5.41) is 7.77. The molecule has 2 aromatic rings. The minimum Gasteiger partial charge on any atom is -0.380 e. The minimum atomic E-state index is -3.15. The van der Waals surface area contributed by atoms with Crippen LogP contribution in [0.15, 0.2) is 22.9 Å². The highest BCUT2D eigenvalue weighted by Gasteiger charge is 2.48. The Morgan fingerprint density at radius 1 is 1.41 bits per heavy atom. The van der Waals surface area contributed by atoms with Gasteiger partial charge in [-0.15, -0.1) is 0 Å². The molecule has 1 saturated carbocycles. The summed E-state index contributed by atoms with van der Waals surface area (Å²) < 4.78 is 27.9. The number of amides is 1. The van der Waals surface area contributed by atoms with E-state index in [0.29, 0.717) is 36.2 Å². The van der Waals surface area contributed by atoms with Crippen molar-refractivity contribution >= 4 is 43.1 Å². The molecule has 0 radical (unpaired) electrons. The summed E-state index contributed by atoms with van der Waals surface area (Å²) in [5.41, 5.74) is 7.38. The molecule has 0 spiro atoms. The Morgan fingerprint density at radius 3 is 2.78 bits per heavy atom. The molecule has 0 aromatic carbocycles. The van der Waals surface area contributed by atoms with Gasteiger partial charge in [0.15, 0.2) is 0 Å². The molecule has 2 fully saturated rings. The number of nitrogens with two attached hydrogens (primary N) is 1. The molecule has 1 saturated heterocycles. The number of fused-ring (bicyclic) bond motifs is 2. The van der Waals surface area contributed by atoms with E-state index in [-0.39, 0.29) is 12.0 Å². The predicted molar refractivity (Wildman–Crippen MR) is 106 cm³/mol. The lowest BCUT2D eigenvalue weighted by molar-refractivity contribution is 0.100. The van der Waals surface area contributed by atoms with Crippen LogP contribution in [0.2, 0.25) is 0 Å². The first-order valence-electron chi connectivity index (χ1n) is 8.83. The Morgan fingerprint density at radius 2 is 2.15 bits per heavy atom. The number of aromatic nitrogens is 2. The lowest BCUT2D eigenvalue weighted by Gasteiger charge is -2.25. The third kappa shape index (κ3) is 3.23. The van der Waals surface area contributed by atoms with Crippen molar-refractivity contribution in [2.75, 3.05) is 24.7 Å². The van der Waals surface area contributed by atoms with Gasteiger partial charge in [-0.05, 0) is 46.2 Å². The average molecular weight is 456 g/mol. The van der Waals surface area contributed by atoms with Gasteiger partial charge in [0.25, 0.3) is 5.91 Å². The highest BCUT2D eigenvalue weighted by Crippen LogP contribution is 2.44. The van der Waals surface area contributed by atoms with Crippen molar-refractivity contribution in [1.29, 1.82) is 0 Å². The van der Waals surface area contributed by atoms with Crippen LogP contribution in [0.5, 0.6) is 0 Å². The van der Waals surface area contributed by atoms with E-state index in [1.807, 2.05) is 12.3 Å². The smallest absolute Gasteiger partial charge is 0.252 e. The van der Waals surface area contributed by atoms with Gasteiger partial charge in [-0.3, -0.25) is 4.79 Å². The van der Waals surface area contributed by atoms with E-state index in [0.717, 1.165) is 16.4 Å². The van der Waals surface area contributed by atoms with Crippen LogP contribution in [0.4, 0.5) is 5.69 Å². The third-order valence-corrected chi connectivity index (χ3v) is 7.66. The van der Waals surface area contributed by atoms with Gasteiger partial charge < -0.3 is 11.1 Å². The molecule has 3 N–H and O–H groups in total. The fourth-order valence-corrected chi connectivity index (χ4v) is 5.87. The van der Waals surface area contributed by atoms with Gasteiger partial charge in [-0.1, -0.05) is 6.92 Å². The number of anilines is 1. The Labute approximate surface area is 166 Å². The highest BCUT2D eigenvalue weighted by molar-refractivity contribution is 9.10. The molecule has 0 unspecified atom stereocenters. The van der Waals surface area contributed by atoms with E-state index in [1.54, 1.807) is 8.82 Å². The molecule has 0 bridgehead atoms. The number of halogens is 1. The molecule has 1 aliphatic carbocycles. The molecule has 4 atom stereocenters. The minimum absolute atomic E-state index is 0.139. The highest BCUT2D eigenvalue weighted by atomic mass is 79.9. The number of carbonyl (C=O) groups is 1. The SMILES string of the molecule is C[C@@H]1[C@H]2CN(S(C)(=O)=O)C[C@H]2C[C@H]1Nc1c(C(N)=O)cnn2cc(Br)cc12. The van der Waals surface area contributed by atoms with E-state index < -0.39 is 15.9 Å². The maximum Gasteiger partial charge on any atom is 0.252 e. The Bertz CT molecular complexity index is 1020. The van der Waals surface area contributed by atoms with Crippen LogP contribution in [0.1, 0.15) is 23.7 Å². The summed E-state index contributed by atoms with van der Waals surface area (Å²) in [6.45, 7) is 3.27. The second-order valence-electron chi connectivity index (χ2n) is 7.64. The van der Waals surface area contributed by atoms with Crippen LogP contribution in [0.25, 0.3) is 5.52 Å². The Balaban J connectivity index is 1.63. The number of nitrogens with one attached hydrogen (secondary N) is 1. The van der Waals surface area contributed by atoms with Gasteiger partial charge in [0.2, 0.25) is 10.0 Å². The third-order valence-electron chi connectivity index (χ3n) is 5.99.